The lowest BCUT2D eigenvalue weighted by Crippen LogP contribution is -2.43. The molecule has 0 radical (unpaired) electrons. The first-order valence-electron chi connectivity index (χ1n) is 6.88. The Labute approximate surface area is 104 Å². The van der Waals surface area contributed by atoms with Crippen molar-refractivity contribution in [3.8, 4) is 0 Å². The summed E-state index contributed by atoms with van der Waals surface area (Å²) in [5.41, 5.74) is 9.17. The lowest BCUT2D eigenvalue weighted by Gasteiger charge is -2.38. The molecule has 17 heavy (non-hydrogen) atoms. The summed E-state index contributed by atoms with van der Waals surface area (Å²) >= 11 is 0. The van der Waals surface area contributed by atoms with Crippen LogP contribution in [-0.2, 0) is 5.54 Å². The minimum atomic E-state index is -0.00729. The molecule has 0 spiro atoms. The van der Waals surface area contributed by atoms with E-state index in [1.807, 2.05) is 0 Å². The summed E-state index contributed by atoms with van der Waals surface area (Å²) in [6, 6.07) is 9.13. The van der Waals surface area contributed by atoms with Crippen LogP contribution in [0.3, 0.4) is 0 Å². The van der Waals surface area contributed by atoms with Crippen molar-refractivity contribution in [2.75, 3.05) is 13.1 Å². The standard InChI is InChI=1S/C15H22N2/c16-15(8-1-9-15)14-4-2-12(3-5-14)13-6-10-17-11-7-13/h2-5,13,17H,1,6-11,16H2. The summed E-state index contributed by atoms with van der Waals surface area (Å²) in [5, 5.41) is 3.42. The zero-order valence-corrected chi connectivity index (χ0v) is 10.4. The van der Waals surface area contributed by atoms with Crippen LogP contribution < -0.4 is 11.1 Å². The van der Waals surface area contributed by atoms with Crippen molar-refractivity contribution in [3.63, 3.8) is 0 Å². The molecule has 0 amide bonds. The maximum atomic E-state index is 6.34. The average Bonchev–Trinajstić information content (AvgIpc) is 2.37. The van der Waals surface area contributed by atoms with Gasteiger partial charge in [0.2, 0.25) is 0 Å². The number of nitrogens with one attached hydrogen (secondary N) is 1. The topological polar surface area (TPSA) is 38.0 Å². The lowest BCUT2D eigenvalue weighted by molar-refractivity contribution is 0.253. The van der Waals surface area contributed by atoms with E-state index in [0.29, 0.717) is 0 Å². The fraction of sp³-hybridized carbons (Fsp3) is 0.600. The van der Waals surface area contributed by atoms with E-state index < -0.39 is 0 Å². The van der Waals surface area contributed by atoms with E-state index in [4.69, 9.17) is 5.73 Å². The van der Waals surface area contributed by atoms with Crippen LogP contribution in [-0.4, -0.2) is 13.1 Å². The molecule has 1 heterocycles. The molecule has 0 aromatic heterocycles. The Morgan fingerprint density at radius 2 is 1.71 bits per heavy atom. The number of hydrogen-bond acceptors (Lipinski definition) is 2. The average molecular weight is 230 g/mol. The molecule has 2 heteroatoms. The molecule has 92 valence electrons. The van der Waals surface area contributed by atoms with E-state index in [1.54, 1.807) is 0 Å². The normalized spacial score (nSPS) is 24.3. The molecule has 1 saturated carbocycles. The number of benzene rings is 1. The first kappa shape index (κ1) is 11.2. The number of hydrogen-bond donors (Lipinski definition) is 2. The Morgan fingerprint density at radius 1 is 1.06 bits per heavy atom. The second kappa shape index (κ2) is 4.43. The van der Waals surface area contributed by atoms with Gasteiger partial charge in [0.15, 0.2) is 0 Å². The highest BCUT2D eigenvalue weighted by atomic mass is 14.9. The van der Waals surface area contributed by atoms with Crippen LogP contribution in [0.4, 0.5) is 0 Å². The fourth-order valence-electron chi connectivity index (χ4n) is 3.09. The summed E-state index contributed by atoms with van der Waals surface area (Å²) in [6.45, 7) is 2.32. The zero-order valence-electron chi connectivity index (χ0n) is 10.4. The van der Waals surface area contributed by atoms with Crippen molar-refractivity contribution in [2.24, 2.45) is 5.73 Å². The molecule has 2 aliphatic rings. The molecule has 2 nitrogen and oxygen atoms in total. The minimum absolute atomic E-state index is 0.00729. The van der Waals surface area contributed by atoms with Crippen LogP contribution in [0, 0.1) is 0 Å². The fourth-order valence-corrected chi connectivity index (χ4v) is 3.09. The molecule has 1 aromatic rings. The van der Waals surface area contributed by atoms with E-state index in [0.717, 1.165) is 31.8 Å². The molecular weight excluding hydrogens is 208 g/mol. The Morgan fingerprint density at radius 3 is 2.24 bits per heavy atom. The predicted molar refractivity (Wildman–Crippen MR) is 71.0 cm³/mol. The minimum Gasteiger partial charge on any atom is -0.321 e. The van der Waals surface area contributed by atoms with E-state index in [-0.39, 0.29) is 5.54 Å². The Kier molecular flexibility index (Phi) is 2.93. The maximum Gasteiger partial charge on any atom is 0.0409 e. The SMILES string of the molecule is NC1(c2ccc(C3CCNCC3)cc2)CCC1. The molecule has 1 aromatic carbocycles. The maximum absolute atomic E-state index is 6.34. The van der Waals surface area contributed by atoms with Crippen LogP contribution in [0.2, 0.25) is 0 Å². The molecule has 0 bridgehead atoms. The molecule has 1 aliphatic carbocycles. The Hall–Kier alpha value is -0.860. The van der Waals surface area contributed by atoms with Gasteiger partial charge in [-0.3, -0.25) is 0 Å². The van der Waals surface area contributed by atoms with Gasteiger partial charge < -0.3 is 11.1 Å². The zero-order chi connectivity index (χ0) is 11.7. The van der Waals surface area contributed by atoms with E-state index in [1.165, 1.54) is 30.4 Å². The van der Waals surface area contributed by atoms with Gasteiger partial charge in [0.25, 0.3) is 0 Å². The third-order valence-electron chi connectivity index (χ3n) is 4.54. The summed E-state index contributed by atoms with van der Waals surface area (Å²) in [6.07, 6.45) is 6.13. The molecule has 0 atom stereocenters. The summed E-state index contributed by atoms with van der Waals surface area (Å²) < 4.78 is 0. The van der Waals surface area contributed by atoms with Crippen molar-refractivity contribution in [1.82, 2.24) is 5.32 Å². The largest absolute Gasteiger partial charge is 0.321 e. The highest BCUT2D eigenvalue weighted by Gasteiger charge is 2.34. The van der Waals surface area contributed by atoms with Gasteiger partial charge in [-0.1, -0.05) is 24.3 Å². The van der Waals surface area contributed by atoms with Gasteiger partial charge in [0.05, 0.1) is 0 Å². The van der Waals surface area contributed by atoms with Crippen LogP contribution in [0.15, 0.2) is 24.3 Å². The monoisotopic (exact) mass is 230 g/mol. The summed E-state index contributed by atoms with van der Waals surface area (Å²) in [5.74, 6) is 0.750. The van der Waals surface area contributed by atoms with Crippen LogP contribution in [0.25, 0.3) is 0 Å². The van der Waals surface area contributed by atoms with Gasteiger partial charge in [-0.25, -0.2) is 0 Å². The van der Waals surface area contributed by atoms with Crippen molar-refractivity contribution in [3.05, 3.63) is 35.4 Å². The highest BCUT2D eigenvalue weighted by molar-refractivity contribution is 5.31. The summed E-state index contributed by atoms with van der Waals surface area (Å²) in [7, 11) is 0. The van der Waals surface area contributed by atoms with Gasteiger partial charge in [-0.2, -0.15) is 0 Å². The molecule has 1 saturated heterocycles. The highest BCUT2D eigenvalue weighted by Crippen LogP contribution is 2.39. The Balaban J connectivity index is 1.75. The molecule has 0 unspecified atom stereocenters. The summed E-state index contributed by atoms with van der Waals surface area (Å²) in [4.78, 5) is 0. The Bertz CT molecular complexity index is 372. The predicted octanol–water partition coefficient (Wildman–Crippen LogP) is 2.49. The van der Waals surface area contributed by atoms with Gasteiger partial charge >= 0.3 is 0 Å². The van der Waals surface area contributed by atoms with Gasteiger partial charge in [-0.05, 0) is 62.2 Å². The van der Waals surface area contributed by atoms with Crippen molar-refractivity contribution in [2.45, 2.75) is 43.6 Å². The molecular formula is C15H22N2. The quantitative estimate of drug-likeness (QED) is 0.819. The first-order valence-corrected chi connectivity index (χ1v) is 6.88. The number of piperidine rings is 1. The van der Waals surface area contributed by atoms with Crippen molar-refractivity contribution < 1.29 is 0 Å². The molecule has 1 aliphatic heterocycles. The first-order chi connectivity index (χ1) is 8.28. The van der Waals surface area contributed by atoms with Crippen LogP contribution in [0.5, 0.6) is 0 Å². The molecule has 2 fully saturated rings. The number of rotatable bonds is 2. The van der Waals surface area contributed by atoms with Gasteiger partial charge in [0.1, 0.15) is 0 Å². The second-order valence-electron chi connectivity index (χ2n) is 5.66. The van der Waals surface area contributed by atoms with Crippen LogP contribution >= 0.6 is 0 Å². The van der Waals surface area contributed by atoms with Gasteiger partial charge in [-0.15, -0.1) is 0 Å². The third-order valence-corrected chi connectivity index (χ3v) is 4.54. The van der Waals surface area contributed by atoms with Gasteiger partial charge in [0, 0.05) is 5.54 Å². The van der Waals surface area contributed by atoms with E-state index in [9.17, 15) is 0 Å². The lowest BCUT2D eigenvalue weighted by atomic mass is 9.72. The molecule has 3 N–H and O–H groups in total. The van der Waals surface area contributed by atoms with Crippen molar-refractivity contribution in [1.29, 1.82) is 0 Å². The van der Waals surface area contributed by atoms with Crippen molar-refractivity contribution >= 4 is 0 Å². The third kappa shape index (κ3) is 2.12. The number of nitrogens with two attached hydrogens (primary N) is 1. The van der Waals surface area contributed by atoms with E-state index >= 15 is 0 Å². The smallest absolute Gasteiger partial charge is 0.0409 e. The van der Waals surface area contributed by atoms with Crippen LogP contribution in [0.1, 0.15) is 49.1 Å². The second-order valence-corrected chi connectivity index (χ2v) is 5.66. The molecule has 3 rings (SSSR count). The van der Waals surface area contributed by atoms with E-state index in [2.05, 4.69) is 29.6 Å².